The van der Waals surface area contributed by atoms with E-state index < -0.39 is 6.10 Å². The Hall–Kier alpha value is -0.260. The van der Waals surface area contributed by atoms with Gasteiger partial charge in [-0.15, -0.1) is 0 Å². The fourth-order valence-corrected chi connectivity index (χ4v) is 2.69. The molecule has 3 N–H and O–H groups in total. The van der Waals surface area contributed by atoms with E-state index in [1.807, 2.05) is 25.6 Å². The maximum Gasteiger partial charge on any atom is 0.221 e. The zero-order valence-electron chi connectivity index (χ0n) is 10.7. The number of amides is 1. The molecule has 1 fully saturated rings. The lowest BCUT2D eigenvalue weighted by atomic mass is 10.0. The minimum Gasteiger partial charge on any atom is -0.391 e. The van der Waals surface area contributed by atoms with Crippen molar-refractivity contribution in [1.82, 2.24) is 10.6 Å². The molecule has 0 aromatic rings. The van der Waals surface area contributed by atoms with Crippen molar-refractivity contribution in [2.45, 2.75) is 38.8 Å². The first kappa shape index (κ1) is 14.8. The normalized spacial score (nSPS) is 24.1. The molecule has 17 heavy (non-hydrogen) atoms. The first-order valence-electron chi connectivity index (χ1n) is 6.39. The number of nitrogens with one attached hydrogen (secondary N) is 2. The zero-order chi connectivity index (χ0) is 12.7. The number of carbonyl (C=O) groups is 1. The van der Waals surface area contributed by atoms with Gasteiger partial charge in [-0.2, -0.15) is 11.8 Å². The van der Waals surface area contributed by atoms with E-state index in [1.165, 1.54) is 0 Å². The molecule has 1 amide bonds. The van der Waals surface area contributed by atoms with Crippen LogP contribution in [0.4, 0.5) is 0 Å². The molecule has 0 bridgehead atoms. The lowest BCUT2D eigenvalue weighted by Crippen LogP contribution is -2.43. The number of hydrogen-bond acceptors (Lipinski definition) is 4. The van der Waals surface area contributed by atoms with Crippen LogP contribution in [0.5, 0.6) is 0 Å². The Balaban J connectivity index is 2.16. The fraction of sp³-hybridized carbons (Fsp3) is 0.917. The Morgan fingerprint density at radius 2 is 2.41 bits per heavy atom. The Kier molecular flexibility index (Phi) is 6.92. The maximum absolute atomic E-state index is 11.7. The van der Waals surface area contributed by atoms with Gasteiger partial charge in [0.15, 0.2) is 0 Å². The van der Waals surface area contributed by atoms with Crippen LogP contribution in [0.25, 0.3) is 0 Å². The molecular formula is C12H24N2O2S. The monoisotopic (exact) mass is 260 g/mol. The van der Waals surface area contributed by atoms with Crippen LogP contribution in [0.1, 0.15) is 26.7 Å². The van der Waals surface area contributed by atoms with E-state index in [0.29, 0.717) is 13.0 Å². The summed E-state index contributed by atoms with van der Waals surface area (Å²) in [6, 6.07) is 0.287. The van der Waals surface area contributed by atoms with Gasteiger partial charge in [0.25, 0.3) is 0 Å². The van der Waals surface area contributed by atoms with E-state index in [4.69, 9.17) is 0 Å². The summed E-state index contributed by atoms with van der Waals surface area (Å²) in [7, 11) is 0. The highest BCUT2D eigenvalue weighted by molar-refractivity contribution is 7.99. The van der Waals surface area contributed by atoms with Crippen molar-refractivity contribution < 1.29 is 9.90 Å². The van der Waals surface area contributed by atoms with Crippen LogP contribution in [0, 0.1) is 5.92 Å². The van der Waals surface area contributed by atoms with Gasteiger partial charge in [0, 0.05) is 37.1 Å². The predicted octanol–water partition coefficient (Wildman–Crippen LogP) is 0.605. The average Bonchev–Trinajstić information content (AvgIpc) is 2.36. The van der Waals surface area contributed by atoms with Crippen molar-refractivity contribution in [3.05, 3.63) is 0 Å². The molecule has 0 aromatic carbocycles. The number of aliphatic hydroxyl groups excluding tert-OH is 1. The minimum absolute atomic E-state index is 0.0346. The highest BCUT2D eigenvalue weighted by atomic mass is 32.2. The summed E-state index contributed by atoms with van der Waals surface area (Å²) in [6.45, 7) is 5.39. The standard InChI is InChI=1S/C12H24N2O2S/c1-3-9(2)11(15)7-14-12(16)6-10-8-17-5-4-13-10/h9-11,13,15H,3-8H2,1-2H3,(H,14,16). The van der Waals surface area contributed by atoms with Crippen molar-refractivity contribution in [1.29, 1.82) is 0 Å². The van der Waals surface area contributed by atoms with Gasteiger partial charge in [0.05, 0.1) is 6.10 Å². The topological polar surface area (TPSA) is 61.4 Å². The SMILES string of the molecule is CCC(C)C(O)CNC(=O)CC1CSCCN1. The molecule has 1 heterocycles. The van der Waals surface area contributed by atoms with Gasteiger partial charge in [0.2, 0.25) is 5.91 Å². The van der Waals surface area contributed by atoms with Gasteiger partial charge < -0.3 is 15.7 Å². The van der Waals surface area contributed by atoms with E-state index in [2.05, 4.69) is 10.6 Å². The van der Waals surface area contributed by atoms with Gasteiger partial charge in [-0.3, -0.25) is 4.79 Å². The molecule has 1 saturated heterocycles. The third-order valence-corrected chi connectivity index (χ3v) is 4.37. The smallest absolute Gasteiger partial charge is 0.221 e. The maximum atomic E-state index is 11.7. The molecule has 1 aliphatic rings. The van der Waals surface area contributed by atoms with Gasteiger partial charge in [-0.05, 0) is 5.92 Å². The molecule has 4 nitrogen and oxygen atoms in total. The highest BCUT2D eigenvalue weighted by Crippen LogP contribution is 2.10. The summed E-state index contributed by atoms with van der Waals surface area (Å²) in [5.41, 5.74) is 0. The first-order chi connectivity index (χ1) is 8.13. The van der Waals surface area contributed by atoms with Gasteiger partial charge in [-0.1, -0.05) is 20.3 Å². The fourth-order valence-electron chi connectivity index (χ4n) is 1.74. The van der Waals surface area contributed by atoms with Crippen molar-refractivity contribution in [2.24, 2.45) is 5.92 Å². The van der Waals surface area contributed by atoms with Crippen LogP contribution in [-0.4, -0.2) is 47.8 Å². The van der Waals surface area contributed by atoms with Gasteiger partial charge >= 0.3 is 0 Å². The zero-order valence-corrected chi connectivity index (χ0v) is 11.6. The Bertz CT molecular complexity index is 233. The number of aliphatic hydroxyl groups is 1. The van der Waals surface area contributed by atoms with Gasteiger partial charge in [0.1, 0.15) is 0 Å². The summed E-state index contributed by atoms with van der Waals surface area (Å²) in [6.07, 6.45) is 1.01. The van der Waals surface area contributed by atoms with Crippen LogP contribution in [0.15, 0.2) is 0 Å². The molecule has 3 unspecified atom stereocenters. The van der Waals surface area contributed by atoms with Crippen molar-refractivity contribution in [3.8, 4) is 0 Å². The van der Waals surface area contributed by atoms with Crippen LogP contribution in [0.3, 0.4) is 0 Å². The second-order valence-electron chi connectivity index (χ2n) is 4.69. The van der Waals surface area contributed by atoms with E-state index >= 15 is 0 Å². The van der Waals surface area contributed by atoms with Crippen LogP contribution in [0.2, 0.25) is 0 Å². The predicted molar refractivity (Wildman–Crippen MR) is 72.2 cm³/mol. The highest BCUT2D eigenvalue weighted by Gasteiger charge is 2.18. The lowest BCUT2D eigenvalue weighted by Gasteiger charge is -2.23. The van der Waals surface area contributed by atoms with Gasteiger partial charge in [-0.25, -0.2) is 0 Å². The molecule has 1 rings (SSSR count). The second kappa shape index (κ2) is 7.95. The number of rotatable bonds is 6. The van der Waals surface area contributed by atoms with Crippen LogP contribution in [-0.2, 0) is 4.79 Å². The summed E-state index contributed by atoms with van der Waals surface area (Å²) in [4.78, 5) is 11.7. The Labute approximate surface area is 108 Å². The molecule has 100 valence electrons. The summed E-state index contributed by atoms with van der Waals surface area (Å²) < 4.78 is 0. The minimum atomic E-state index is -0.433. The second-order valence-corrected chi connectivity index (χ2v) is 5.84. The Morgan fingerprint density at radius 1 is 1.65 bits per heavy atom. The molecule has 5 heteroatoms. The molecule has 0 saturated carbocycles. The van der Waals surface area contributed by atoms with Crippen molar-refractivity contribution in [3.63, 3.8) is 0 Å². The molecule has 0 aromatic heterocycles. The van der Waals surface area contributed by atoms with E-state index in [9.17, 15) is 9.90 Å². The summed E-state index contributed by atoms with van der Waals surface area (Å²) in [5.74, 6) is 2.40. The van der Waals surface area contributed by atoms with E-state index in [0.717, 1.165) is 24.5 Å². The average molecular weight is 260 g/mol. The third-order valence-electron chi connectivity index (χ3n) is 3.24. The Morgan fingerprint density at radius 3 is 3.00 bits per heavy atom. The lowest BCUT2D eigenvalue weighted by molar-refractivity contribution is -0.122. The molecule has 3 atom stereocenters. The number of hydrogen-bond donors (Lipinski definition) is 3. The van der Waals surface area contributed by atoms with E-state index in [1.54, 1.807) is 0 Å². The third kappa shape index (κ3) is 5.75. The molecule has 0 spiro atoms. The molecular weight excluding hydrogens is 236 g/mol. The van der Waals surface area contributed by atoms with E-state index in [-0.39, 0.29) is 17.9 Å². The van der Waals surface area contributed by atoms with Crippen molar-refractivity contribution >= 4 is 17.7 Å². The number of thioether (sulfide) groups is 1. The summed E-state index contributed by atoms with van der Waals surface area (Å²) in [5, 5.41) is 15.9. The first-order valence-corrected chi connectivity index (χ1v) is 7.54. The largest absolute Gasteiger partial charge is 0.391 e. The molecule has 1 aliphatic heterocycles. The number of carbonyl (C=O) groups excluding carboxylic acids is 1. The molecule has 0 radical (unpaired) electrons. The quantitative estimate of drug-likeness (QED) is 0.655. The summed E-state index contributed by atoms with van der Waals surface area (Å²) >= 11 is 1.89. The van der Waals surface area contributed by atoms with Crippen LogP contribution < -0.4 is 10.6 Å². The van der Waals surface area contributed by atoms with Crippen LogP contribution >= 0.6 is 11.8 Å². The van der Waals surface area contributed by atoms with Crippen molar-refractivity contribution in [2.75, 3.05) is 24.6 Å². The molecule has 0 aliphatic carbocycles.